The zero-order valence-corrected chi connectivity index (χ0v) is 37.5. The average Bonchev–Trinajstić information content (AvgIpc) is 3.91. The molecular formula is C50H51FN6O10. The van der Waals surface area contributed by atoms with Crippen molar-refractivity contribution in [2.45, 2.75) is 82.4 Å². The highest BCUT2D eigenvalue weighted by Crippen LogP contribution is 2.55. The summed E-state index contributed by atoms with van der Waals surface area (Å²) in [6.07, 6.45) is -1.82. The molecule has 348 valence electrons. The molecule has 16 nitrogen and oxygen atoms in total. The number of carbonyl (C=O) groups is 3. The lowest BCUT2D eigenvalue weighted by molar-refractivity contribution is -0.282. The predicted octanol–water partition coefficient (Wildman–Crippen LogP) is 7.77. The van der Waals surface area contributed by atoms with Gasteiger partial charge in [-0.15, -0.1) is 0 Å². The van der Waals surface area contributed by atoms with Crippen molar-refractivity contribution < 1.29 is 52.3 Å². The van der Waals surface area contributed by atoms with Crippen LogP contribution < -0.4 is 15.0 Å². The molecule has 2 aromatic heterocycles. The molecule has 5 heterocycles. The Labute approximate surface area is 386 Å². The number of hydrogen-bond acceptors (Lipinski definition) is 13. The molecule has 4 aromatic carbocycles. The molecule has 0 aliphatic carbocycles. The van der Waals surface area contributed by atoms with Crippen LogP contribution in [0.1, 0.15) is 69.4 Å². The van der Waals surface area contributed by atoms with Crippen LogP contribution >= 0.6 is 0 Å². The normalized spacial score (nSPS) is 20.6. The number of imidazole rings is 1. The van der Waals surface area contributed by atoms with Crippen LogP contribution in [-0.2, 0) is 43.7 Å². The monoisotopic (exact) mass is 914 g/mol. The van der Waals surface area contributed by atoms with Crippen molar-refractivity contribution in [3.05, 3.63) is 138 Å². The Morgan fingerprint density at radius 3 is 2.15 bits per heavy atom. The van der Waals surface area contributed by atoms with Crippen LogP contribution in [0, 0.1) is 11.2 Å². The third kappa shape index (κ3) is 8.82. The minimum atomic E-state index is -1.40. The SMILES string of the molecule is COC1(O[C@@H]2[C@H](OC3(c4ccccc4)c4ccccc4Oc4ccccc43)[C@@H](COC(=O)CCC(=O)O)O[C@H]2n2cnc3c(NC(=O)C(C)(C)C)ncnc32)CCN(c2ccccc2F)CC1. The van der Waals surface area contributed by atoms with E-state index >= 15 is 4.39 Å². The highest BCUT2D eigenvalue weighted by Gasteiger charge is 2.57. The maximum Gasteiger partial charge on any atom is 0.306 e. The number of benzene rings is 4. The number of anilines is 2. The number of ether oxygens (including phenoxy) is 6. The number of esters is 1. The number of carboxylic acid groups (broad SMARTS) is 1. The topological polar surface area (TPSA) is 186 Å². The Morgan fingerprint density at radius 2 is 1.49 bits per heavy atom. The number of fused-ring (bicyclic) bond motifs is 3. The van der Waals surface area contributed by atoms with Crippen LogP contribution in [0.4, 0.5) is 15.9 Å². The second-order valence-corrected chi connectivity index (χ2v) is 17.8. The first-order chi connectivity index (χ1) is 32.3. The molecule has 2 saturated heterocycles. The zero-order valence-electron chi connectivity index (χ0n) is 37.5. The van der Waals surface area contributed by atoms with Gasteiger partial charge >= 0.3 is 11.9 Å². The summed E-state index contributed by atoms with van der Waals surface area (Å²) >= 11 is 0. The fraction of sp³-hybridized carbons (Fsp3) is 0.360. The lowest BCUT2D eigenvalue weighted by Gasteiger charge is -2.46. The van der Waals surface area contributed by atoms with Crippen molar-refractivity contribution in [1.29, 1.82) is 0 Å². The average molecular weight is 915 g/mol. The first kappa shape index (κ1) is 45.4. The van der Waals surface area contributed by atoms with E-state index in [1.807, 2.05) is 83.8 Å². The number of methoxy groups -OCH3 is 1. The highest BCUT2D eigenvalue weighted by molar-refractivity contribution is 5.99. The number of nitrogens with one attached hydrogen (secondary N) is 1. The van der Waals surface area contributed by atoms with Crippen molar-refractivity contribution in [1.82, 2.24) is 19.5 Å². The molecule has 3 aliphatic rings. The molecule has 2 N–H and O–H groups in total. The second kappa shape index (κ2) is 18.5. The number of halogens is 1. The molecule has 0 unspecified atom stereocenters. The van der Waals surface area contributed by atoms with Gasteiger partial charge in [-0.3, -0.25) is 19.0 Å². The van der Waals surface area contributed by atoms with Crippen molar-refractivity contribution in [3.8, 4) is 11.5 Å². The number of para-hydroxylation sites is 3. The summed E-state index contributed by atoms with van der Waals surface area (Å²) < 4.78 is 57.6. The Hall–Kier alpha value is -6.79. The summed E-state index contributed by atoms with van der Waals surface area (Å²) in [6.45, 7) is 5.71. The molecule has 0 bridgehead atoms. The number of hydrogen-bond donors (Lipinski definition) is 2. The minimum absolute atomic E-state index is 0.183. The third-order valence-corrected chi connectivity index (χ3v) is 12.5. The summed E-state index contributed by atoms with van der Waals surface area (Å²) in [5, 5.41) is 12.3. The summed E-state index contributed by atoms with van der Waals surface area (Å²) in [7, 11) is 1.56. The van der Waals surface area contributed by atoms with Crippen LogP contribution in [0.2, 0.25) is 0 Å². The van der Waals surface area contributed by atoms with Crippen LogP contribution in [0.3, 0.4) is 0 Å². The first-order valence-corrected chi connectivity index (χ1v) is 22.1. The van der Waals surface area contributed by atoms with E-state index in [1.54, 1.807) is 50.6 Å². The smallest absolute Gasteiger partial charge is 0.306 e. The molecule has 0 spiro atoms. The molecule has 9 rings (SSSR count). The zero-order chi connectivity index (χ0) is 46.9. The Bertz CT molecular complexity index is 2730. The van der Waals surface area contributed by atoms with E-state index in [4.69, 9.17) is 28.4 Å². The van der Waals surface area contributed by atoms with Crippen LogP contribution in [0.15, 0.2) is 116 Å². The van der Waals surface area contributed by atoms with Gasteiger partial charge in [-0.1, -0.05) is 99.6 Å². The maximum absolute atomic E-state index is 15.1. The van der Waals surface area contributed by atoms with Crippen molar-refractivity contribution >= 4 is 40.5 Å². The third-order valence-electron chi connectivity index (χ3n) is 12.5. The van der Waals surface area contributed by atoms with E-state index in [1.165, 1.54) is 18.7 Å². The lowest BCUT2D eigenvalue weighted by atomic mass is 9.77. The molecule has 6 aromatic rings. The van der Waals surface area contributed by atoms with Crippen molar-refractivity contribution in [2.24, 2.45) is 5.41 Å². The Kier molecular flexibility index (Phi) is 12.5. The molecule has 17 heteroatoms. The summed E-state index contributed by atoms with van der Waals surface area (Å²) in [5.74, 6) is -2.54. The fourth-order valence-corrected chi connectivity index (χ4v) is 8.97. The van der Waals surface area contributed by atoms with E-state index in [-0.39, 0.29) is 41.7 Å². The first-order valence-electron chi connectivity index (χ1n) is 22.1. The Balaban J connectivity index is 1.20. The number of aliphatic carboxylic acids is 1. The number of carbonyl (C=O) groups excluding carboxylic acids is 2. The largest absolute Gasteiger partial charge is 0.481 e. The molecule has 3 aliphatic heterocycles. The van der Waals surface area contributed by atoms with Gasteiger partial charge in [0.2, 0.25) is 5.91 Å². The van der Waals surface area contributed by atoms with Gasteiger partial charge in [0.15, 0.2) is 34.6 Å². The van der Waals surface area contributed by atoms with E-state index in [0.29, 0.717) is 54.2 Å². The number of nitrogens with zero attached hydrogens (tertiary/aromatic N) is 5. The number of aromatic nitrogens is 4. The van der Waals surface area contributed by atoms with Crippen molar-refractivity contribution in [2.75, 3.05) is 37.0 Å². The van der Waals surface area contributed by atoms with Crippen molar-refractivity contribution in [3.63, 3.8) is 0 Å². The molecule has 0 saturated carbocycles. The molecule has 4 atom stereocenters. The number of amides is 1. The number of carboxylic acids is 1. The van der Waals surface area contributed by atoms with Crippen LogP contribution in [0.25, 0.3) is 11.2 Å². The van der Waals surface area contributed by atoms with Crippen LogP contribution in [0.5, 0.6) is 11.5 Å². The van der Waals surface area contributed by atoms with E-state index < -0.39 is 59.7 Å². The second-order valence-electron chi connectivity index (χ2n) is 17.8. The van der Waals surface area contributed by atoms with Crippen LogP contribution in [-0.4, -0.2) is 93.4 Å². The van der Waals surface area contributed by atoms with Gasteiger partial charge < -0.3 is 43.7 Å². The lowest BCUT2D eigenvalue weighted by Crippen LogP contribution is -2.53. The minimum Gasteiger partial charge on any atom is -0.481 e. The molecular weight excluding hydrogens is 864 g/mol. The van der Waals surface area contributed by atoms with Gasteiger partial charge in [0.25, 0.3) is 0 Å². The number of rotatable bonds is 14. The summed E-state index contributed by atoms with van der Waals surface area (Å²) in [6, 6.07) is 31.4. The maximum atomic E-state index is 15.1. The number of piperidine rings is 1. The standard InChI is InChI=1S/C50H51FN6O10/c1-48(2,3)47(61)55-44-41-45(53-29-52-44)57(30-54-41)46-43(66-49(62-4)24-26-56(27-25-49)35-19-11-10-18-34(35)51)42(38(65-46)28-63-40(60)23-22-39(58)59)67-50(31-14-6-5-7-15-31)32-16-8-12-20-36(32)64-37-21-13-9-17-33(37)50/h5-21,29-30,38,42-43,46H,22-28H2,1-4H3,(H,58,59)(H,52,53,55,61)/t38-,42-,43-,46-/m1/s1. The van der Waals surface area contributed by atoms with Gasteiger partial charge in [0.05, 0.1) is 24.9 Å². The van der Waals surface area contributed by atoms with E-state index in [0.717, 1.165) is 5.56 Å². The Morgan fingerprint density at radius 1 is 0.836 bits per heavy atom. The van der Waals surface area contributed by atoms with Gasteiger partial charge in [-0.05, 0) is 29.8 Å². The summed E-state index contributed by atoms with van der Waals surface area (Å²) in [5.41, 5.74) is 0.976. The molecule has 0 radical (unpaired) electrons. The van der Waals surface area contributed by atoms with Gasteiger partial charge in [0, 0.05) is 49.6 Å². The fourth-order valence-electron chi connectivity index (χ4n) is 8.97. The highest BCUT2D eigenvalue weighted by atomic mass is 19.1. The predicted molar refractivity (Wildman–Crippen MR) is 242 cm³/mol. The van der Waals surface area contributed by atoms with E-state index in [9.17, 15) is 19.5 Å². The van der Waals surface area contributed by atoms with E-state index in [2.05, 4.69) is 20.3 Å². The summed E-state index contributed by atoms with van der Waals surface area (Å²) in [4.78, 5) is 53.5. The molecule has 67 heavy (non-hydrogen) atoms. The van der Waals surface area contributed by atoms with Gasteiger partial charge in [-0.25, -0.2) is 19.3 Å². The molecule has 2 fully saturated rings. The van der Waals surface area contributed by atoms with Gasteiger partial charge in [-0.2, -0.15) is 0 Å². The quantitative estimate of drug-likeness (QED) is 0.0798. The molecule has 1 amide bonds. The van der Waals surface area contributed by atoms with Gasteiger partial charge in [0.1, 0.15) is 48.6 Å².